The number of likely N-dealkylation sites (N-methyl/N-ethyl adjacent to an activating group) is 1. The average Bonchev–Trinajstić information content (AvgIpc) is 2.70. The number of amides is 3. The summed E-state index contributed by atoms with van der Waals surface area (Å²) in [5.41, 5.74) is 2.30. The standard InChI is InChI=1S/C21H26N4O3/c1-4-5-12-25(14-16-8-10-22-11-9-16)21(27)23-17-6-7-19-18(13-17)24(3)20(26)15(2)28-19/h6-11,13,15H,4-5,12,14H2,1-3H3,(H,23,27)/t15-/m1/s1. The monoisotopic (exact) mass is 382 g/mol. The Morgan fingerprint density at radius 3 is 2.75 bits per heavy atom. The Kier molecular flexibility index (Phi) is 6.13. The van der Waals surface area contributed by atoms with Crippen LogP contribution in [-0.4, -0.2) is 41.5 Å². The lowest BCUT2D eigenvalue weighted by Gasteiger charge is -2.30. The molecule has 3 amide bonds. The number of nitrogens with zero attached hydrogens (tertiary/aromatic N) is 3. The molecule has 0 fully saturated rings. The predicted molar refractivity (Wildman–Crippen MR) is 109 cm³/mol. The maximum Gasteiger partial charge on any atom is 0.322 e. The van der Waals surface area contributed by atoms with Gasteiger partial charge in [0, 0.05) is 38.2 Å². The minimum Gasteiger partial charge on any atom is -0.479 e. The first-order valence-electron chi connectivity index (χ1n) is 9.52. The third kappa shape index (κ3) is 4.42. The molecule has 0 saturated heterocycles. The number of carbonyl (C=O) groups excluding carboxylic acids is 2. The van der Waals surface area contributed by atoms with Gasteiger partial charge in [0.05, 0.1) is 5.69 Å². The Hall–Kier alpha value is -3.09. The van der Waals surface area contributed by atoms with Crippen LogP contribution in [-0.2, 0) is 11.3 Å². The molecule has 0 unspecified atom stereocenters. The molecule has 28 heavy (non-hydrogen) atoms. The molecule has 1 aromatic carbocycles. The van der Waals surface area contributed by atoms with E-state index in [2.05, 4.69) is 17.2 Å². The smallest absolute Gasteiger partial charge is 0.322 e. The van der Waals surface area contributed by atoms with E-state index in [1.807, 2.05) is 12.1 Å². The van der Waals surface area contributed by atoms with Crippen molar-refractivity contribution >= 4 is 23.3 Å². The fraction of sp³-hybridized carbons (Fsp3) is 0.381. The maximum absolute atomic E-state index is 12.9. The summed E-state index contributed by atoms with van der Waals surface area (Å²) in [6.07, 6.45) is 4.86. The van der Waals surface area contributed by atoms with Crippen molar-refractivity contribution in [2.75, 3.05) is 23.8 Å². The van der Waals surface area contributed by atoms with Crippen molar-refractivity contribution in [2.24, 2.45) is 0 Å². The minimum absolute atomic E-state index is 0.113. The molecular weight excluding hydrogens is 356 g/mol. The number of anilines is 2. The highest BCUT2D eigenvalue weighted by atomic mass is 16.5. The predicted octanol–water partition coefficient (Wildman–Crippen LogP) is 3.66. The summed E-state index contributed by atoms with van der Waals surface area (Å²) in [5.74, 6) is 0.519. The van der Waals surface area contributed by atoms with Gasteiger partial charge in [-0.15, -0.1) is 0 Å². The lowest BCUT2D eigenvalue weighted by atomic mass is 10.2. The molecule has 7 nitrogen and oxygen atoms in total. The molecule has 148 valence electrons. The molecule has 0 spiro atoms. The molecule has 1 aliphatic rings. The molecule has 0 bridgehead atoms. The highest BCUT2D eigenvalue weighted by Crippen LogP contribution is 2.35. The van der Waals surface area contributed by atoms with Gasteiger partial charge in [0.2, 0.25) is 0 Å². The van der Waals surface area contributed by atoms with E-state index in [9.17, 15) is 9.59 Å². The highest BCUT2D eigenvalue weighted by Gasteiger charge is 2.29. The van der Waals surface area contributed by atoms with E-state index < -0.39 is 6.10 Å². The zero-order valence-electron chi connectivity index (χ0n) is 16.5. The number of rotatable bonds is 6. The molecule has 7 heteroatoms. The molecule has 1 N–H and O–H groups in total. The number of pyridine rings is 1. The second kappa shape index (κ2) is 8.73. The minimum atomic E-state index is -0.511. The Morgan fingerprint density at radius 1 is 1.29 bits per heavy atom. The van der Waals surface area contributed by atoms with Gasteiger partial charge in [-0.05, 0) is 49.2 Å². The molecule has 1 aromatic heterocycles. The number of benzene rings is 1. The number of ether oxygens (including phenoxy) is 1. The molecule has 0 aliphatic carbocycles. The van der Waals surface area contributed by atoms with Crippen molar-refractivity contribution in [3.8, 4) is 5.75 Å². The SMILES string of the molecule is CCCCN(Cc1ccncc1)C(=O)Nc1ccc2c(c1)N(C)C(=O)[C@@H](C)O2. The second-order valence-corrected chi connectivity index (χ2v) is 6.90. The third-order valence-corrected chi connectivity index (χ3v) is 4.75. The third-order valence-electron chi connectivity index (χ3n) is 4.75. The normalized spacial score (nSPS) is 15.6. The quantitative estimate of drug-likeness (QED) is 0.827. The number of carbonyl (C=O) groups is 2. The Morgan fingerprint density at radius 2 is 2.04 bits per heavy atom. The van der Waals surface area contributed by atoms with E-state index in [-0.39, 0.29) is 11.9 Å². The van der Waals surface area contributed by atoms with E-state index in [0.717, 1.165) is 18.4 Å². The zero-order chi connectivity index (χ0) is 20.1. The maximum atomic E-state index is 12.9. The fourth-order valence-electron chi connectivity index (χ4n) is 3.10. The fourth-order valence-corrected chi connectivity index (χ4v) is 3.10. The van der Waals surface area contributed by atoms with E-state index in [1.165, 1.54) is 0 Å². The van der Waals surface area contributed by atoms with E-state index in [1.54, 1.807) is 54.4 Å². The summed E-state index contributed by atoms with van der Waals surface area (Å²) in [5, 5.41) is 2.95. The Bertz CT molecular complexity index is 841. The number of fused-ring (bicyclic) bond motifs is 1. The van der Waals surface area contributed by atoms with Crippen molar-refractivity contribution in [1.82, 2.24) is 9.88 Å². The van der Waals surface area contributed by atoms with Crippen LogP contribution in [0.3, 0.4) is 0 Å². The molecule has 3 rings (SSSR count). The Labute approximate surface area is 165 Å². The van der Waals surface area contributed by atoms with Crippen molar-refractivity contribution in [1.29, 1.82) is 0 Å². The van der Waals surface area contributed by atoms with Crippen LogP contribution in [0, 0.1) is 0 Å². The molecule has 2 aromatic rings. The molecule has 0 radical (unpaired) electrons. The number of aromatic nitrogens is 1. The molecule has 1 aliphatic heterocycles. The van der Waals surface area contributed by atoms with Crippen LogP contribution in [0.5, 0.6) is 5.75 Å². The first kappa shape index (κ1) is 19.7. The van der Waals surface area contributed by atoms with Gasteiger partial charge >= 0.3 is 6.03 Å². The van der Waals surface area contributed by atoms with Crippen LogP contribution in [0.1, 0.15) is 32.3 Å². The summed E-state index contributed by atoms with van der Waals surface area (Å²) in [6.45, 7) is 4.99. The number of urea groups is 1. The lowest BCUT2D eigenvalue weighted by molar-refractivity contribution is -0.125. The van der Waals surface area contributed by atoms with Crippen LogP contribution in [0.15, 0.2) is 42.7 Å². The highest BCUT2D eigenvalue weighted by molar-refractivity contribution is 6.00. The Balaban J connectivity index is 1.75. The molecule has 1 atom stereocenters. The summed E-state index contributed by atoms with van der Waals surface area (Å²) >= 11 is 0. The van der Waals surface area contributed by atoms with Crippen molar-refractivity contribution < 1.29 is 14.3 Å². The van der Waals surface area contributed by atoms with Crippen molar-refractivity contribution in [3.05, 3.63) is 48.3 Å². The summed E-state index contributed by atoms with van der Waals surface area (Å²) in [6, 6.07) is 8.97. The largest absolute Gasteiger partial charge is 0.479 e. The van der Waals surface area contributed by atoms with E-state index in [4.69, 9.17) is 4.74 Å². The van der Waals surface area contributed by atoms with Crippen molar-refractivity contribution in [2.45, 2.75) is 39.3 Å². The van der Waals surface area contributed by atoms with Gasteiger partial charge in [0.15, 0.2) is 6.10 Å². The van der Waals surface area contributed by atoms with E-state index in [0.29, 0.717) is 30.2 Å². The molecule has 2 heterocycles. The van der Waals surface area contributed by atoms with Crippen LogP contribution < -0.4 is 15.0 Å². The van der Waals surface area contributed by atoms with Gasteiger partial charge in [0.1, 0.15) is 5.75 Å². The van der Waals surface area contributed by atoms with Crippen LogP contribution in [0.25, 0.3) is 0 Å². The van der Waals surface area contributed by atoms with Crippen LogP contribution in [0.4, 0.5) is 16.2 Å². The first-order valence-corrected chi connectivity index (χ1v) is 9.52. The molecule has 0 saturated carbocycles. The topological polar surface area (TPSA) is 74.8 Å². The van der Waals surface area contributed by atoms with E-state index >= 15 is 0 Å². The van der Waals surface area contributed by atoms with Gasteiger partial charge < -0.3 is 19.9 Å². The number of nitrogens with one attached hydrogen (secondary N) is 1. The number of hydrogen-bond donors (Lipinski definition) is 1. The zero-order valence-corrected chi connectivity index (χ0v) is 16.5. The van der Waals surface area contributed by atoms with Gasteiger partial charge in [-0.1, -0.05) is 13.3 Å². The van der Waals surface area contributed by atoms with Gasteiger partial charge in [0.25, 0.3) is 5.91 Å². The number of hydrogen-bond acceptors (Lipinski definition) is 4. The van der Waals surface area contributed by atoms with Gasteiger partial charge in [-0.3, -0.25) is 9.78 Å². The average molecular weight is 382 g/mol. The summed E-state index contributed by atoms with van der Waals surface area (Å²) in [7, 11) is 1.71. The van der Waals surface area contributed by atoms with Crippen molar-refractivity contribution in [3.63, 3.8) is 0 Å². The van der Waals surface area contributed by atoms with Crippen LogP contribution in [0.2, 0.25) is 0 Å². The lowest BCUT2D eigenvalue weighted by Crippen LogP contribution is -2.42. The van der Waals surface area contributed by atoms with Crippen LogP contribution >= 0.6 is 0 Å². The second-order valence-electron chi connectivity index (χ2n) is 6.90. The first-order chi connectivity index (χ1) is 13.5. The van der Waals surface area contributed by atoms with Gasteiger partial charge in [-0.25, -0.2) is 4.79 Å². The summed E-state index contributed by atoms with van der Waals surface area (Å²) < 4.78 is 5.63. The van der Waals surface area contributed by atoms with Gasteiger partial charge in [-0.2, -0.15) is 0 Å². The number of unbranched alkanes of at least 4 members (excludes halogenated alkanes) is 1. The molecular formula is C21H26N4O3. The summed E-state index contributed by atoms with van der Waals surface area (Å²) in [4.78, 5) is 32.4.